The fraction of sp³-hybridized carbons (Fsp3) is 0.643. The Balaban J connectivity index is 2.81. The van der Waals surface area contributed by atoms with Crippen molar-refractivity contribution < 1.29 is 4.79 Å². The Morgan fingerprint density at radius 1 is 1.33 bits per heavy atom. The fourth-order valence-corrected chi connectivity index (χ4v) is 1.75. The van der Waals surface area contributed by atoms with E-state index in [0.717, 1.165) is 12.8 Å². The standard InChI is InChI=1S/C14H26N6O/c1-6-7-10-17-11(8-12(18-10)20-15)16-9(2)13(21)19-14(3,4)5/h8-9H,6-7,15H2,1-5H3,(H,19,21)(H2,16,17,18,20). The molecule has 0 bridgehead atoms. The third kappa shape index (κ3) is 5.95. The number of aryl methyl sites for hydroxylation is 1. The molecule has 5 N–H and O–H groups in total. The number of amides is 1. The number of carbonyl (C=O) groups excluding carboxylic acids is 1. The van der Waals surface area contributed by atoms with E-state index < -0.39 is 6.04 Å². The Morgan fingerprint density at radius 3 is 2.48 bits per heavy atom. The van der Waals surface area contributed by atoms with Crippen LogP contribution in [0, 0.1) is 0 Å². The average Bonchev–Trinajstić information content (AvgIpc) is 2.36. The van der Waals surface area contributed by atoms with Crippen molar-refractivity contribution in [2.75, 3.05) is 10.7 Å². The van der Waals surface area contributed by atoms with Crippen molar-refractivity contribution in [3.8, 4) is 0 Å². The van der Waals surface area contributed by atoms with Crippen LogP contribution in [0.3, 0.4) is 0 Å². The van der Waals surface area contributed by atoms with Crippen LogP contribution in [-0.2, 0) is 11.2 Å². The van der Waals surface area contributed by atoms with Crippen LogP contribution in [0.25, 0.3) is 0 Å². The molecule has 0 aliphatic heterocycles. The van der Waals surface area contributed by atoms with Crippen molar-refractivity contribution in [2.24, 2.45) is 5.84 Å². The maximum absolute atomic E-state index is 12.1. The number of nitrogens with two attached hydrogens (primary N) is 1. The predicted octanol–water partition coefficient (Wildman–Crippen LogP) is 1.43. The predicted molar refractivity (Wildman–Crippen MR) is 84.8 cm³/mol. The van der Waals surface area contributed by atoms with E-state index in [-0.39, 0.29) is 11.4 Å². The summed E-state index contributed by atoms with van der Waals surface area (Å²) in [5.74, 6) is 7.13. The van der Waals surface area contributed by atoms with Crippen molar-refractivity contribution in [1.82, 2.24) is 15.3 Å². The topological polar surface area (TPSA) is 105 Å². The zero-order valence-electron chi connectivity index (χ0n) is 13.4. The minimum atomic E-state index is -0.403. The van der Waals surface area contributed by atoms with Gasteiger partial charge in [0.1, 0.15) is 23.5 Å². The molecule has 1 amide bonds. The van der Waals surface area contributed by atoms with Gasteiger partial charge in [0.05, 0.1) is 0 Å². The summed E-state index contributed by atoms with van der Waals surface area (Å²) in [5.41, 5.74) is 2.25. The Morgan fingerprint density at radius 2 is 1.95 bits per heavy atom. The monoisotopic (exact) mass is 294 g/mol. The number of hydrogen-bond donors (Lipinski definition) is 4. The number of anilines is 2. The molecule has 1 aromatic heterocycles. The second kappa shape index (κ2) is 7.21. The highest BCUT2D eigenvalue weighted by Crippen LogP contribution is 2.13. The molecule has 0 aliphatic rings. The number of nitrogen functional groups attached to an aromatic ring is 1. The summed E-state index contributed by atoms with van der Waals surface area (Å²) in [7, 11) is 0. The zero-order chi connectivity index (χ0) is 16.0. The normalized spacial score (nSPS) is 12.7. The van der Waals surface area contributed by atoms with E-state index in [2.05, 4.69) is 33.0 Å². The van der Waals surface area contributed by atoms with Crippen molar-refractivity contribution in [1.29, 1.82) is 0 Å². The van der Waals surface area contributed by atoms with Gasteiger partial charge in [-0.1, -0.05) is 6.92 Å². The first kappa shape index (κ1) is 17.2. The fourth-order valence-electron chi connectivity index (χ4n) is 1.75. The van der Waals surface area contributed by atoms with Crippen LogP contribution in [0.5, 0.6) is 0 Å². The number of rotatable bonds is 6. The summed E-state index contributed by atoms with van der Waals surface area (Å²) in [5, 5.41) is 6.00. The van der Waals surface area contributed by atoms with Crippen LogP contribution in [0.2, 0.25) is 0 Å². The van der Waals surface area contributed by atoms with Crippen LogP contribution < -0.4 is 21.9 Å². The summed E-state index contributed by atoms with van der Waals surface area (Å²) in [6, 6.07) is 1.28. The minimum Gasteiger partial charge on any atom is -0.358 e. The van der Waals surface area contributed by atoms with Crippen LogP contribution in [-0.4, -0.2) is 27.5 Å². The molecule has 7 nitrogen and oxygen atoms in total. The highest BCUT2D eigenvalue weighted by Gasteiger charge is 2.19. The quantitative estimate of drug-likeness (QED) is 0.467. The number of hydrogen-bond acceptors (Lipinski definition) is 6. The van der Waals surface area contributed by atoms with Gasteiger partial charge in [-0.3, -0.25) is 4.79 Å². The first-order valence-corrected chi connectivity index (χ1v) is 7.18. The lowest BCUT2D eigenvalue weighted by Crippen LogP contribution is -2.47. The third-order valence-corrected chi connectivity index (χ3v) is 2.65. The van der Waals surface area contributed by atoms with Crippen molar-refractivity contribution in [3.05, 3.63) is 11.9 Å². The molecule has 7 heteroatoms. The molecule has 0 spiro atoms. The SMILES string of the molecule is CCCc1nc(NN)cc(NC(C)C(=O)NC(C)(C)C)n1. The lowest BCUT2D eigenvalue weighted by molar-refractivity contribution is -0.122. The van der Waals surface area contributed by atoms with Gasteiger partial charge in [0.25, 0.3) is 0 Å². The largest absolute Gasteiger partial charge is 0.358 e. The smallest absolute Gasteiger partial charge is 0.242 e. The Bertz CT molecular complexity index is 483. The van der Waals surface area contributed by atoms with Crippen molar-refractivity contribution >= 4 is 17.5 Å². The first-order chi connectivity index (χ1) is 9.75. The summed E-state index contributed by atoms with van der Waals surface area (Å²) >= 11 is 0. The molecule has 0 saturated carbocycles. The van der Waals surface area contributed by atoms with Gasteiger partial charge in [-0.2, -0.15) is 0 Å². The molecule has 1 unspecified atom stereocenters. The third-order valence-electron chi connectivity index (χ3n) is 2.65. The molecular formula is C14H26N6O. The van der Waals surface area contributed by atoms with Gasteiger partial charge < -0.3 is 16.1 Å². The molecule has 21 heavy (non-hydrogen) atoms. The number of carbonyl (C=O) groups is 1. The van der Waals surface area contributed by atoms with E-state index in [0.29, 0.717) is 17.5 Å². The van der Waals surface area contributed by atoms with E-state index in [1.807, 2.05) is 20.8 Å². The highest BCUT2D eigenvalue weighted by molar-refractivity contribution is 5.84. The Kier molecular flexibility index (Phi) is 5.90. The van der Waals surface area contributed by atoms with Crippen LogP contribution in [0.15, 0.2) is 6.07 Å². The van der Waals surface area contributed by atoms with E-state index in [1.54, 1.807) is 13.0 Å². The molecule has 1 aromatic rings. The molecule has 1 heterocycles. The van der Waals surface area contributed by atoms with Gasteiger partial charge in [-0.05, 0) is 34.1 Å². The van der Waals surface area contributed by atoms with E-state index in [9.17, 15) is 4.79 Å². The molecular weight excluding hydrogens is 268 g/mol. The second-order valence-corrected chi connectivity index (χ2v) is 6.05. The number of nitrogens with zero attached hydrogens (tertiary/aromatic N) is 2. The number of hydrazine groups is 1. The summed E-state index contributed by atoms with van der Waals surface area (Å²) < 4.78 is 0. The van der Waals surface area contributed by atoms with Crippen molar-refractivity contribution in [3.63, 3.8) is 0 Å². The minimum absolute atomic E-state index is 0.0830. The zero-order valence-corrected chi connectivity index (χ0v) is 13.4. The van der Waals surface area contributed by atoms with Crippen LogP contribution >= 0.6 is 0 Å². The first-order valence-electron chi connectivity index (χ1n) is 7.18. The summed E-state index contributed by atoms with van der Waals surface area (Å²) in [6.07, 6.45) is 1.69. The van der Waals surface area contributed by atoms with Crippen LogP contribution in [0.1, 0.15) is 46.9 Å². The number of aromatic nitrogens is 2. The van der Waals surface area contributed by atoms with E-state index in [1.165, 1.54) is 0 Å². The molecule has 0 fully saturated rings. The van der Waals surface area contributed by atoms with Gasteiger partial charge >= 0.3 is 0 Å². The summed E-state index contributed by atoms with van der Waals surface area (Å²) in [4.78, 5) is 20.7. The summed E-state index contributed by atoms with van der Waals surface area (Å²) in [6.45, 7) is 9.67. The van der Waals surface area contributed by atoms with Gasteiger partial charge in [-0.25, -0.2) is 15.8 Å². The Hall–Kier alpha value is -1.89. The molecule has 0 aliphatic carbocycles. The molecule has 0 saturated heterocycles. The maximum atomic E-state index is 12.1. The van der Waals surface area contributed by atoms with Gasteiger partial charge in [0.2, 0.25) is 5.91 Å². The lowest BCUT2D eigenvalue weighted by Gasteiger charge is -2.24. The van der Waals surface area contributed by atoms with Gasteiger partial charge in [0, 0.05) is 18.0 Å². The molecule has 0 aromatic carbocycles. The number of nitrogens with one attached hydrogen (secondary N) is 3. The van der Waals surface area contributed by atoms with Crippen molar-refractivity contribution in [2.45, 2.75) is 59.0 Å². The average molecular weight is 294 g/mol. The van der Waals surface area contributed by atoms with E-state index >= 15 is 0 Å². The molecule has 0 radical (unpaired) electrons. The lowest BCUT2D eigenvalue weighted by atomic mass is 10.1. The Labute approximate surface area is 126 Å². The van der Waals surface area contributed by atoms with E-state index in [4.69, 9.17) is 5.84 Å². The maximum Gasteiger partial charge on any atom is 0.242 e. The van der Waals surface area contributed by atoms with Gasteiger partial charge in [-0.15, -0.1) is 0 Å². The molecule has 1 rings (SSSR count). The highest BCUT2D eigenvalue weighted by atomic mass is 16.2. The molecule has 1 atom stereocenters. The second-order valence-electron chi connectivity index (χ2n) is 6.05. The van der Waals surface area contributed by atoms with Gasteiger partial charge in [0.15, 0.2) is 0 Å². The molecule has 118 valence electrons. The van der Waals surface area contributed by atoms with Crippen LogP contribution in [0.4, 0.5) is 11.6 Å².